The molecule has 0 fully saturated rings. The van der Waals surface area contributed by atoms with Gasteiger partial charge in [-0.15, -0.1) is 0 Å². The van der Waals surface area contributed by atoms with Gasteiger partial charge in [0.25, 0.3) is 0 Å². The molecule has 2 nitrogen and oxygen atoms in total. The van der Waals surface area contributed by atoms with Crippen LogP contribution in [-0.4, -0.2) is 17.3 Å². The first-order valence-corrected chi connectivity index (χ1v) is 3.85. The lowest BCUT2D eigenvalue weighted by Crippen LogP contribution is -2.21. The topological polar surface area (TPSA) is 37.3 Å². The van der Waals surface area contributed by atoms with Crippen molar-refractivity contribution >= 4 is 12.0 Å². The Labute approximate surface area is 84.7 Å². The number of carbonyl (C=O) groups is 1. The molecule has 1 N–H and O–H groups in total. The second kappa shape index (κ2) is 5.85. The first-order valence-electron chi connectivity index (χ1n) is 3.85. The predicted octanol–water partition coefficient (Wildman–Crippen LogP) is 2.96. The third-order valence-electron chi connectivity index (χ3n) is 1.28. The molecule has 0 aliphatic rings. The molecule has 1 aromatic carbocycles. The molecule has 15 heavy (non-hydrogen) atoms. The number of benzene rings is 1. The Morgan fingerprint density at radius 1 is 1.27 bits per heavy atom. The number of rotatable bonds is 1. The summed E-state index contributed by atoms with van der Waals surface area (Å²) in [6, 6.07) is 10.0. The number of hydrogen-bond acceptors (Lipinski definition) is 1. The molecule has 0 aromatic heterocycles. The van der Waals surface area contributed by atoms with Gasteiger partial charge in [-0.25, -0.2) is 4.79 Å². The third kappa shape index (κ3) is 6.31. The summed E-state index contributed by atoms with van der Waals surface area (Å²) in [5, 5.41) is 7.12. The van der Waals surface area contributed by atoms with Crippen molar-refractivity contribution in [3.8, 4) is 0 Å². The van der Waals surface area contributed by atoms with Gasteiger partial charge in [-0.05, 0) is 5.56 Å². The summed E-state index contributed by atoms with van der Waals surface area (Å²) in [4.78, 5) is 8.90. The van der Waals surface area contributed by atoms with E-state index in [9.17, 15) is 13.2 Å². The fraction of sp³-hybridized carbons (Fsp3) is 0.100. The minimum Gasteiger partial charge on any atom is -0.475 e. The van der Waals surface area contributed by atoms with Gasteiger partial charge in [0.15, 0.2) is 0 Å². The molecule has 0 radical (unpaired) electrons. The van der Waals surface area contributed by atoms with Gasteiger partial charge in [0.2, 0.25) is 0 Å². The Morgan fingerprint density at radius 3 is 1.87 bits per heavy atom. The molecule has 1 aromatic rings. The molecule has 0 aliphatic carbocycles. The predicted molar refractivity (Wildman–Crippen MR) is 50.2 cm³/mol. The smallest absolute Gasteiger partial charge is 0.475 e. The first-order chi connectivity index (χ1) is 6.88. The van der Waals surface area contributed by atoms with Gasteiger partial charge in [-0.1, -0.05) is 43.0 Å². The maximum atomic E-state index is 10.6. The van der Waals surface area contributed by atoms with Crippen LogP contribution in [-0.2, 0) is 4.79 Å². The summed E-state index contributed by atoms with van der Waals surface area (Å²) in [6.07, 6.45) is -3.25. The molecule has 5 heteroatoms. The monoisotopic (exact) mass is 218 g/mol. The van der Waals surface area contributed by atoms with Gasteiger partial charge in [0, 0.05) is 0 Å². The highest BCUT2D eigenvalue weighted by molar-refractivity contribution is 5.73. The zero-order valence-electron chi connectivity index (χ0n) is 7.66. The van der Waals surface area contributed by atoms with Crippen molar-refractivity contribution in [2.45, 2.75) is 6.18 Å². The molecule has 0 saturated heterocycles. The number of aliphatic carboxylic acids is 1. The second-order valence-corrected chi connectivity index (χ2v) is 2.42. The van der Waals surface area contributed by atoms with Crippen molar-refractivity contribution in [3.05, 3.63) is 42.5 Å². The molecule has 0 amide bonds. The van der Waals surface area contributed by atoms with Gasteiger partial charge in [0.05, 0.1) is 0 Å². The van der Waals surface area contributed by atoms with Gasteiger partial charge in [-0.3, -0.25) is 0 Å². The van der Waals surface area contributed by atoms with Gasteiger partial charge in [-0.2, -0.15) is 13.2 Å². The van der Waals surface area contributed by atoms with Crippen LogP contribution in [0.15, 0.2) is 36.9 Å². The second-order valence-electron chi connectivity index (χ2n) is 2.42. The number of carboxylic acid groups (broad SMARTS) is 1. The molecule has 0 aliphatic heterocycles. The summed E-state index contributed by atoms with van der Waals surface area (Å²) in [7, 11) is 0. The fourth-order valence-corrected chi connectivity index (χ4v) is 0.589. The summed E-state index contributed by atoms with van der Waals surface area (Å²) in [5.74, 6) is -2.76. The van der Waals surface area contributed by atoms with Crippen molar-refractivity contribution in [2.75, 3.05) is 0 Å². The maximum absolute atomic E-state index is 10.6. The van der Waals surface area contributed by atoms with E-state index in [1.54, 1.807) is 0 Å². The van der Waals surface area contributed by atoms with Crippen LogP contribution in [0.4, 0.5) is 13.2 Å². The average molecular weight is 218 g/mol. The van der Waals surface area contributed by atoms with E-state index < -0.39 is 12.1 Å². The van der Waals surface area contributed by atoms with Crippen molar-refractivity contribution in [1.29, 1.82) is 0 Å². The number of carboxylic acids is 1. The normalized spacial score (nSPS) is 9.80. The van der Waals surface area contributed by atoms with E-state index in [1.807, 2.05) is 36.4 Å². The molecule has 0 saturated carbocycles. The Morgan fingerprint density at radius 2 is 1.67 bits per heavy atom. The van der Waals surface area contributed by atoms with E-state index in [-0.39, 0.29) is 0 Å². The molecular formula is C10H9F3O2. The molecule has 0 heterocycles. The lowest BCUT2D eigenvalue weighted by atomic mass is 10.2. The standard InChI is InChI=1S/C8H8.C2HF3O2/c1-2-8-6-4-3-5-7-8;3-2(4,5)1(6)7/h2-7H,1H2;(H,6,7). The van der Waals surface area contributed by atoms with E-state index in [0.717, 1.165) is 0 Å². The van der Waals surface area contributed by atoms with Gasteiger partial charge >= 0.3 is 12.1 Å². The molecule has 0 spiro atoms. The Balaban J connectivity index is 0.000000265. The van der Waals surface area contributed by atoms with Crippen molar-refractivity contribution in [1.82, 2.24) is 0 Å². The van der Waals surface area contributed by atoms with Crippen LogP contribution in [0.5, 0.6) is 0 Å². The number of hydrogen-bond donors (Lipinski definition) is 1. The van der Waals surface area contributed by atoms with Crippen LogP contribution < -0.4 is 0 Å². The van der Waals surface area contributed by atoms with Crippen LogP contribution in [0.3, 0.4) is 0 Å². The first kappa shape index (κ1) is 13.2. The molecule has 0 bridgehead atoms. The van der Waals surface area contributed by atoms with Crippen molar-refractivity contribution in [3.63, 3.8) is 0 Å². The molecule has 0 atom stereocenters. The van der Waals surface area contributed by atoms with E-state index in [1.165, 1.54) is 5.56 Å². The van der Waals surface area contributed by atoms with Gasteiger partial charge < -0.3 is 5.11 Å². The average Bonchev–Trinajstić information content (AvgIpc) is 2.18. The SMILES string of the molecule is C=Cc1ccccc1.O=C(O)C(F)(F)F. The number of halogens is 3. The molecule has 0 unspecified atom stereocenters. The van der Waals surface area contributed by atoms with E-state index in [2.05, 4.69) is 6.58 Å². The maximum Gasteiger partial charge on any atom is 0.490 e. The largest absolute Gasteiger partial charge is 0.490 e. The quantitative estimate of drug-likeness (QED) is 0.786. The summed E-state index contributed by atoms with van der Waals surface area (Å²) >= 11 is 0. The third-order valence-corrected chi connectivity index (χ3v) is 1.28. The van der Waals surface area contributed by atoms with E-state index >= 15 is 0 Å². The minimum atomic E-state index is -5.08. The van der Waals surface area contributed by atoms with Crippen molar-refractivity contribution in [2.24, 2.45) is 0 Å². The molecule has 82 valence electrons. The van der Waals surface area contributed by atoms with Gasteiger partial charge in [0.1, 0.15) is 0 Å². The Bertz CT molecular complexity index is 317. The van der Waals surface area contributed by atoms with E-state index in [0.29, 0.717) is 0 Å². The zero-order chi connectivity index (χ0) is 11.9. The van der Waals surface area contributed by atoms with Crippen LogP contribution in [0.25, 0.3) is 6.08 Å². The summed E-state index contributed by atoms with van der Waals surface area (Å²) in [5.41, 5.74) is 1.17. The van der Waals surface area contributed by atoms with Crippen molar-refractivity contribution < 1.29 is 23.1 Å². The van der Waals surface area contributed by atoms with Crippen LogP contribution >= 0.6 is 0 Å². The zero-order valence-corrected chi connectivity index (χ0v) is 7.66. The minimum absolute atomic E-state index is 1.17. The fourth-order valence-electron chi connectivity index (χ4n) is 0.589. The Hall–Kier alpha value is -1.78. The molecular weight excluding hydrogens is 209 g/mol. The number of alkyl halides is 3. The van der Waals surface area contributed by atoms with Crippen LogP contribution in [0.1, 0.15) is 5.56 Å². The lowest BCUT2D eigenvalue weighted by Gasteiger charge is -1.93. The highest BCUT2D eigenvalue weighted by Gasteiger charge is 2.38. The molecule has 1 rings (SSSR count). The summed E-state index contributed by atoms with van der Waals surface area (Å²) < 4.78 is 31.7. The summed E-state index contributed by atoms with van der Waals surface area (Å²) in [6.45, 7) is 3.63. The lowest BCUT2D eigenvalue weighted by molar-refractivity contribution is -0.192. The van der Waals surface area contributed by atoms with E-state index in [4.69, 9.17) is 9.90 Å². The highest BCUT2D eigenvalue weighted by atomic mass is 19.4. The van der Waals surface area contributed by atoms with Crippen LogP contribution in [0.2, 0.25) is 0 Å². The highest BCUT2D eigenvalue weighted by Crippen LogP contribution is 2.13. The Kier molecular flexibility index (Phi) is 5.15. The van der Waals surface area contributed by atoms with Crippen LogP contribution in [0, 0.1) is 0 Å².